The van der Waals surface area contributed by atoms with Gasteiger partial charge in [0.15, 0.2) is 5.82 Å². The number of aromatic amines is 1. The van der Waals surface area contributed by atoms with E-state index in [1.807, 2.05) is 30.3 Å². The summed E-state index contributed by atoms with van der Waals surface area (Å²) in [7, 11) is 0. The quantitative estimate of drug-likeness (QED) is 0.628. The zero-order valence-corrected chi connectivity index (χ0v) is 12.7. The molecule has 1 amide bonds. The van der Waals surface area contributed by atoms with E-state index in [9.17, 15) is 4.79 Å². The Morgan fingerprint density at radius 1 is 1.41 bits per heavy atom. The van der Waals surface area contributed by atoms with Gasteiger partial charge in [0.2, 0.25) is 11.1 Å². The Morgan fingerprint density at radius 2 is 2.18 bits per heavy atom. The van der Waals surface area contributed by atoms with Crippen LogP contribution in [0, 0.1) is 16.7 Å². The smallest absolute Gasteiger partial charge is 0.240 e. The van der Waals surface area contributed by atoms with Crippen LogP contribution in [0.5, 0.6) is 0 Å². The summed E-state index contributed by atoms with van der Waals surface area (Å²) in [5.74, 6) is 1.24. The largest absolute Gasteiger partial charge is 0.354 e. The number of thioether (sulfide) groups is 1. The minimum Gasteiger partial charge on any atom is -0.354 e. The van der Waals surface area contributed by atoms with Gasteiger partial charge in [0.05, 0.1) is 6.07 Å². The van der Waals surface area contributed by atoms with Crippen molar-refractivity contribution in [2.75, 3.05) is 12.3 Å². The van der Waals surface area contributed by atoms with E-state index in [2.05, 4.69) is 26.6 Å². The molecule has 1 aliphatic rings. The van der Waals surface area contributed by atoms with Crippen LogP contribution in [0.3, 0.4) is 0 Å². The lowest BCUT2D eigenvalue weighted by atomic mass is 10.1. The van der Waals surface area contributed by atoms with Gasteiger partial charge in [-0.3, -0.25) is 9.89 Å². The molecule has 1 aliphatic carbocycles. The Morgan fingerprint density at radius 3 is 2.86 bits per heavy atom. The second-order valence-corrected chi connectivity index (χ2v) is 6.19. The van der Waals surface area contributed by atoms with Crippen molar-refractivity contribution in [3.8, 4) is 17.5 Å². The van der Waals surface area contributed by atoms with Gasteiger partial charge in [0.1, 0.15) is 5.41 Å². The highest BCUT2D eigenvalue weighted by Gasteiger charge is 2.50. The Labute approximate surface area is 132 Å². The second-order valence-electron chi connectivity index (χ2n) is 5.13. The van der Waals surface area contributed by atoms with Crippen molar-refractivity contribution in [3.05, 3.63) is 30.3 Å². The van der Waals surface area contributed by atoms with Crippen molar-refractivity contribution >= 4 is 17.7 Å². The van der Waals surface area contributed by atoms with E-state index in [1.165, 1.54) is 11.8 Å². The highest BCUT2D eigenvalue weighted by molar-refractivity contribution is 7.99. The molecule has 0 radical (unpaired) electrons. The number of rotatable bonds is 6. The molecule has 0 saturated heterocycles. The predicted molar refractivity (Wildman–Crippen MR) is 82.8 cm³/mol. The van der Waals surface area contributed by atoms with E-state index in [4.69, 9.17) is 5.26 Å². The van der Waals surface area contributed by atoms with E-state index >= 15 is 0 Å². The van der Waals surface area contributed by atoms with E-state index in [1.54, 1.807) is 0 Å². The third-order valence-electron chi connectivity index (χ3n) is 3.53. The summed E-state index contributed by atoms with van der Waals surface area (Å²) in [5, 5.41) is 19.4. The maximum atomic E-state index is 11.8. The van der Waals surface area contributed by atoms with Crippen molar-refractivity contribution in [1.82, 2.24) is 20.5 Å². The van der Waals surface area contributed by atoms with E-state index in [0.717, 1.165) is 11.4 Å². The minimum absolute atomic E-state index is 0.157. The topological polar surface area (TPSA) is 94.5 Å². The Bertz CT molecular complexity index is 702. The number of carbonyl (C=O) groups excluding carboxylic acids is 1. The number of benzene rings is 1. The summed E-state index contributed by atoms with van der Waals surface area (Å²) in [6, 6.07) is 11.9. The highest BCUT2D eigenvalue weighted by Crippen LogP contribution is 2.44. The van der Waals surface area contributed by atoms with Gasteiger partial charge in [-0.15, -0.1) is 5.10 Å². The standard InChI is InChI=1S/C15H15N5OS/c16-10-15(6-7-15)13(21)17-8-9-22-14-18-12(19-20-14)11-4-2-1-3-5-11/h1-5H,6-9H2,(H,17,21)(H,18,19,20). The van der Waals surface area contributed by atoms with Gasteiger partial charge in [0.25, 0.3) is 0 Å². The zero-order chi connectivity index (χ0) is 15.4. The van der Waals surface area contributed by atoms with Gasteiger partial charge < -0.3 is 5.32 Å². The van der Waals surface area contributed by atoms with Crippen LogP contribution in [0.15, 0.2) is 35.5 Å². The molecule has 0 bridgehead atoms. The van der Waals surface area contributed by atoms with Crippen molar-refractivity contribution < 1.29 is 4.79 Å². The summed E-state index contributed by atoms with van der Waals surface area (Å²) in [6.45, 7) is 0.502. The molecular formula is C15H15N5OS. The molecule has 6 nitrogen and oxygen atoms in total. The molecule has 1 fully saturated rings. The molecule has 1 saturated carbocycles. The SMILES string of the molecule is N#CC1(C(=O)NCCSc2n[nH]c(-c3ccccc3)n2)CC1. The van der Waals surface area contributed by atoms with Gasteiger partial charge in [-0.2, -0.15) is 5.26 Å². The van der Waals surface area contributed by atoms with E-state index in [-0.39, 0.29) is 5.91 Å². The lowest BCUT2D eigenvalue weighted by Crippen LogP contribution is -2.32. The molecule has 3 rings (SSSR count). The Balaban J connectivity index is 1.46. The zero-order valence-electron chi connectivity index (χ0n) is 11.9. The van der Waals surface area contributed by atoms with Crippen LogP contribution >= 0.6 is 11.8 Å². The average molecular weight is 313 g/mol. The third kappa shape index (κ3) is 3.12. The van der Waals surface area contributed by atoms with Crippen LogP contribution in [0.4, 0.5) is 0 Å². The van der Waals surface area contributed by atoms with Crippen molar-refractivity contribution in [2.45, 2.75) is 18.0 Å². The van der Waals surface area contributed by atoms with Crippen LogP contribution in [0.25, 0.3) is 11.4 Å². The third-order valence-corrected chi connectivity index (χ3v) is 4.38. The summed E-state index contributed by atoms with van der Waals surface area (Å²) in [6.07, 6.45) is 1.34. The first-order valence-corrected chi connectivity index (χ1v) is 8.02. The van der Waals surface area contributed by atoms with Crippen molar-refractivity contribution in [2.24, 2.45) is 5.41 Å². The van der Waals surface area contributed by atoms with E-state index < -0.39 is 5.41 Å². The first kappa shape index (κ1) is 14.6. The fourth-order valence-electron chi connectivity index (χ4n) is 2.03. The normalized spacial score (nSPS) is 15.0. The first-order valence-electron chi connectivity index (χ1n) is 7.04. The second kappa shape index (κ2) is 6.20. The fourth-order valence-corrected chi connectivity index (χ4v) is 2.68. The summed E-state index contributed by atoms with van der Waals surface area (Å²) in [4.78, 5) is 16.2. The summed E-state index contributed by atoms with van der Waals surface area (Å²) >= 11 is 1.47. The van der Waals surface area contributed by atoms with Crippen LogP contribution in [-0.4, -0.2) is 33.4 Å². The van der Waals surface area contributed by atoms with Gasteiger partial charge in [0, 0.05) is 17.9 Å². The lowest BCUT2D eigenvalue weighted by Gasteiger charge is -2.06. The molecule has 0 aliphatic heterocycles. The van der Waals surface area contributed by atoms with Gasteiger partial charge in [-0.05, 0) is 12.8 Å². The number of amides is 1. The number of nitrogens with one attached hydrogen (secondary N) is 2. The summed E-state index contributed by atoms with van der Waals surface area (Å²) in [5.41, 5.74) is 0.232. The first-order chi connectivity index (χ1) is 10.7. The monoisotopic (exact) mass is 313 g/mol. The van der Waals surface area contributed by atoms with Gasteiger partial charge in [-0.25, -0.2) is 4.98 Å². The van der Waals surface area contributed by atoms with Crippen molar-refractivity contribution in [3.63, 3.8) is 0 Å². The molecule has 1 aromatic heterocycles. The lowest BCUT2D eigenvalue weighted by molar-refractivity contribution is -0.124. The molecule has 112 valence electrons. The van der Waals surface area contributed by atoms with Crippen LogP contribution < -0.4 is 5.32 Å². The van der Waals surface area contributed by atoms with Crippen LogP contribution in [0.1, 0.15) is 12.8 Å². The Hall–Kier alpha value is -2.33. The van der Waals surface area contributed by atoms with Crippen molar-refractivity contribution in [1.29, 1.82) is 5.26 Å². The average Bonchev–Trinajstić information content (AvgIpc) is 3.23. The molecular weight excluding hydrogens is 298 g/mol. The van der Waals surface area contributed by atoms with Crippen LogP contribution in [-0.2, 0) is 4.79 Å². The number of H-pyrrole nitrogens is 1. The number of carbonyl (C=O) groups is 1. The maximum absolute atomic E-state index is 11.8. The number of nitrogens with zero attached hydrogens (tertiary/aromatic N) is 3. The molecule has 0 atom stereocenters. The van der Waals surface area contributed by atoms with Gasteiger partial charge >= 0.3 is 0 Å². The number of nitriles is 1. The van der Waals surface area contributed by atoms with Crippen LogP contribution in [0.2, 0.25) is 0 Å². The van der Waals surface area contributed by atoms with Gasteiger partial charge in [-0.1, -0.05) is 42.1 Å². The molecule has 22 heavy (non-hydrogen) atoms. The molecule has 1 aromatic carbocycles. The molecule has 2 aromatic rings. The maximum Gasteiger partial charge on any atom is 0.240 e. The minimum atomic E-state index is -0.754. The molecule has 0 unspecified atom stereocenters. The Kier molecular flexibility index (Phi) is 4.11. The number of hydrogen-bond acceptors (Lipinski definition) is 5. The number of hydrogen-bond donors (Lipinski definition) is 2. The molecule has 2 N–H and O–H groups in total. The highest BCUT2D eigenvalue weighted by atomic mass is 32.2. The number of aromatic nitrogens is 3. The summed E-state index contributed by atoms with van der Waals surface area (Å²) < 4.78 is 0. The predicted octanol–water partition coefficient (Wildman–Crippen LogP) is 1.98. The molecule has 0 spiro atoms. The van der Waals surface area contributed by atoms with E-state index in [0.29, 0.717) is 30.3 Å². The fraction of sp³-hybridized carbons (Fsp3) is 0.333. The molecule has 7 heteroatoms. The molecule has 1 heterocycles.